The van der Waals surface area contributed by atoms with E-state index >= 15 is 0 Å². The lowest BCUT2D eigenvalue weighted by molar-refractivity contribution is -0.115. The van der Waals surface area contributed by atoms with Gasteiger partial charge in [-0.1, -0.05) is 53.5 Å². The van der Waals surface area contributed by atoms with Gasteiger partial charge in [-0.25, -0.2) is 4.98 Å². The summed E-state index contributed by atoms with van der Waals surface area (Å²) in [6, 6.07) is 11.1. The monoisotopic (exact) mass is 294 g/mol. The zero-order valence-corrected chi connectivity index (χ0v) is 11.8. The highest BCUT2D eigenvalue weighted by atomic mass is 35.5. The smallest absolute Gasteiger partial charge is 0.228 e. The minimum Gasteiger partial charge on any atom is -0.323 e. The van der Waals surface area contributed by atoms with Crippen molar-refractivity contribution in [2.45, 2.75) is 13.3 Å². The molecule has 1 amide bonds. The van der Waals surface area contributed by atoms with Crippen molar-refractivity contribution in [3.8, 4) is 0 Å². The van der Waals surface area contributed by atoms with E-state index in [0.717, 1.165) is 11.1 Å². The number of carbonyl (C=O) groups is 1. The normalized spacial score (nSPS) is 10.3. The summed E-state index contributed by atoms with van der Waals surface area (Å²) in [7, 11) is 0. The minimum atomic E-state index is -0.139. The number of pyridine rings is 1. The molecule has 5 heteroatoms. The van der Waals surface area contributed by atoms with Gasteiger partial charge in [0.1, 0.15) is 5.15 Å². The fourth-order valence-corrected chi connectivity index (χ4v) is 2.29. The second-order valence-electron chi connectivity index (χ2n) is 4.14. The summed E-state index contributed by atoms with van der Waals surface area (Å²) in [6.07, 6.45) is 0.291. The Balaban J connectivity index is 2.12. The highest BCUT2D eigenvalue weighted by Gasteiger charge is 2.11. The van der Waals surface area contributed by atoms with Gasteiger partial charge in [0.25, 0.3) is 0 Å². The number of hydrogen-bond acceptors (Lipinski definition) is 2. The number of aromatic nitrogens is 1. The summed E-state index contributed by atoms with van der Waals surface area (Å²) in [5.74, 6) is -0.139. The lowest BCUT2D eigenvalue weighted by Crippen LogP contribution is -2.15. The fraction of sp³-hybridized carbons (Fsp3) is 0.143. The molecule has 0 unspecified atom stereocenters. The van der Waals surface area contributed by atoms with E-state index in [9.17, 15) is 4.79 Å². The molecule has 1 aromatic heterocycles. The third-order valence-electron chi connectivity index (χ3n) is 2.61. The maximum absolute atomic E-state index is 11.9. The number of aryl methyl sites for hydroxylation is 1. The van der Waals surface area contributed by atoms with Crippen LogP contribution in [-0.2, 0) is 11.2 Å². The first-order chi connectivity index (χ1) is 9.06. The fourth-order valence-electron chi connectivity index (χ4n) is 1.71. The molecule has 98 valence electrons. The van der Waals surface area contributed by atoms with Crippen molar-refractivity contribution in [3.63, 3.8) is 0 Å². The number of benzene rings is 1. The third-order valence-corrected chi connectivity index (χ3v) is 3.08. The van der Waals surface area contributed by atoms with Gasteiger partial charge in [-0.05, 0) is 24.1 Å². The molecular weight excluding hydrogens is 283 g/mol. The Bertz CT molecular complexity index is 577. The number of nitrogens with zero attached hydrogens (tertiary/aromatic N) is 1. The highest BCUT2D eigenvalue weighted by Crippen LogP contribution is 2.26. The van der Waals surface area contributed by atoms with Crippen LogP contribution in [0.3, 0.4) is 0 Å². The molecule has 0 aliphatic carbocycles. The summed E-state index contributed by atoms with van der Waals surface area (Å²) < 4.78 is 0. The van der Waals surface area contributed by atoms with Gasteiger partial charge in [0.15, 0.2) is 5.15 Å². The zero-order chi connectivity index (χ0) is 13.8. The Morgan fingerprint density at radius 2 is 1.95 bits per heavy atom. The van der Waals surface area contributed by atoms with Gasteiger partial charge in [0.2, 0.25) is 5.91 Å². The van der Waals surface area contributed by atoms with Crippen molar-refractivity contribution >= 4 is 34.8 Å². The summed E-state index contributed by atoms with van der Waals surface area (Å²) in [4.78, 5) is 15.9. The van der Waals surface area contributed by atoms with Crippen molar-refractivity contribution < 1.29 is 4.79 Å². The predicted molar refractivity (Wildman–Crippen MR) is 77.8 cm³/mol. The molecule has 2 aromatic rings. The molecular formula is C14H12Cl2N2O. The van der Waals surface area contributed by atoms with E-state index in [1.165, 1.54) is 0 Å². The average molecular weight is 295 g/mol. The van der Waals surface area contributed by atoms with Crippen molar-refractivity contribution in [2.75, 3.05) is 5.32 Å². The second kappa shape index (κ2) is 6.04. The molecule has 1 heterocycles. The van der Waals surface area contributed by atoms with Crippen LogP contribution in [0.2, 0.25) is 10.3 Å². The van der Waals surface area contributed by atoms with E-state index in [1.54, 1.807) is 6.07 Å². The van der Waals surface area contributed by atoms with Crippen LogP contribution in [0.15, 0.2) is 36.4 Å². The van der Waals surface area contributed by atoms with Crippen LogP contribution in [0.1, 0.15) is 11.1 Å². The standard InChI is InChI=1S/C14H12Cl2N2O/c1-9-7-11(15)17-14(16)13(9)18-12(19)8-10-5-3-2-4-6-10/h2-7H,8H2,1H3,(H,18,19). The van der Waals surface area contributed by atoms with Gasteiger partial charge in [-0.15, -0.1) is 0 Å². The van der Waals surface area contributed by atoms with E-state index in [0.29, 0.717) is 17.3 Å². The minimum absolute atomic E-state index is 0.139. The molecule has 0 aliphatic heterocycles. The van der Waals surface area contributed by atoms with E-state index < -0.39 is 0 Å². The van der Waals surface area contributed by atoms with Crippen LogP contribution in [-0.4, -0.2) is 10.9 Å². The largest absolute Gasteiger partial charge is 0.323 e. The van der Waals surface area contributed by atoms with Gasteiger partial charge in [-0.3, -0.25) is 4.79 Å². The van der Waals surface area contributed by atoms with Crippen LogP contribution in [0.5, 0.6) is 0 Å². The molecule has 0 fully saturated rings. The van der Waals surface area contributed by atoms with E-state index in [2.05, 4.69) is 10.3 Å². The molecule has 1 aromatic carbocycles. The molecule has 0 saturated carbocycles. The van der Waals surface area contributed by atoms with Crippen LogP contribution < -0.4 is 5.32 Å². The zero-order valence-electron chi connectivity index (χ0n) is 10.3. The Labute approximate surface area is 121 Å². The Morgan fingerprint density at radius 1 is 1.26 bits per heavy atom. The first kappa shape index (κ1) is 13.8. The molecule has 2 rings (SSSR count). The van der Waals surface area contributed by atoms with Crippen LogP contribution in [0.25, 0.3) is 0 Å². The van der Waals surface area contributed by atoms with Crippen molar-refractivity contribution in [1.82, 2.24) is 4.98 Å². The van der Waals surface area contributed by atoms with E-state index in [4.69, 9.17) is 23.2 Å². The first-order valence-corrected chi connectivity index (χ1v) is 6.48. The van der Waals surface area contributed by atoms with Gasteiger partial charge < -0.3 is 5.32 Å². The molecule has 1 N–H and O–H groups in total. The summed E-state index contributed by atoms with van der Waals surface area (Å²) in [5.41, 5.74) is 2.23. The predicted octanol–water partition coefficient (Wildman–Crippen LogP) is 3.88. The van der Waals surface area contributed by atoms with Gasteiger partial charge in [0, 0.05) is 0 Å². The number of carbonyl (C=O) groups excluding carboxylic acids is 1. The summed E-state index contributed by atoms with van der Waals surface area (Å²) in [6.45, 7) is 1.82. The molecule has 19 heavy (non-hydrogen) atoms. The Kier molecular flexibility index (Phi) is 4.40. The number of rotatable bonds is 3. The SMILES string of the molecule is Cc1cc(Cl)nc(Cl)c1NC(=O)Cc1ccccc1. The lowest BCUT2D eigenvalue weighted by atomic mass is 10.1. The number of amides is 1. The summed E-state index contributed by atoms with van der Waals surface area (Å²) in [5, 5.41) is 3.27. The van der Waals surface area contributed by atoms with E-state index in [1.807, 2.05) is 37.3 Å². The highest BCUT2D eigenvalue weighted by molar-refractivity contribution is 6.34. The molecule has 0 spiro atoms. The van der Waals surface area contributed by atoms with Crippen LogP contribution in [0.4, 0.5) is 5.69 Å². The van der Waals surface area contributed by atoms with Crippen molar-refractivity contribution in [3.05, 3.63) is 57.8 Å². The molecule has 0 atom stereocenters. The van der Waals surface area contributed by atoms with Crippen molar-refractivity contribution in [1.29, 1.82) is 0 Å². The second-order valence-corrected chi connectivity index (χ2v) is 4.88. The van der Waals surface area contributed by atoms with Gasteiger partial charge >= 0.3 is 0 Å². The van der Waals surface area contributed by atoms with Gasteiger partial charge in [0.05, 0.1) is 12.1 Å². The molecule has 0 bridgehead atoms. The molecule has 0 radical (unpaired) electrons. The quantitative estimate of drug-likeness (QED) is 0.873. The number of hydrogen-bond donors (Lipinski definition) is 1. The third kappa shape index (κ3) is 3.69. The number of halogens is 2. The summed E-state index contributed by atoms with van der Waals surface area (Å²) >= 11 is 11.8. The Morgan fingerprint density at radius 3 is 2.58 bits per heavy atom. The molecule has 0 saturated heterocycles. The first-order valence-electron chi connectivity index (χ1n) is 5.72. The topological polar surface area (TPSA) is 42.0 Å². The van der Waals surface area contributed by atoms with Crippen LogP contribution >= 0.6 is 23.2 Å². The van der Waals surface area contributed by atoms with Gasteiger partial charge in [-0.2, -0.15) is 0 Å². The number of nitrogens with one attached hydrogen (secondary N) is 1. The van der Waals surface area contributed by atoms with E-state index in [-0.39, 0.29) is 11.1 Å². The Hall–Kier alpha value is -1.58. The maximum Gasteiger partial charge on any atom is 0.228 e. The molecule has 3 nitrogen and oxygen atoms in total. The van der Waals surface area contributed by atoms with Crippen molar-refractivity contribution in [2.24, 2.45) is 0 Å². The maximum atomic E-state index is 11.9. The molecule has 0 aliphatic rings. The average Bonchev–Trinajstić information content (AvgIpc) is 2.35. The lowest BCUT2D eigenvalue weighted by Gasteiger charge is -2.10. The van der Waals surface area contributed by atoms with Crippen LogP contribution in [0, 0.1) is 6.92 Å². The number of anilines is 1.